The minimum Gasteiger partial charge on any atom is -0.497 e. The summed E-state index contributed by atoms with van der Waals surface area (Å²) in [5.41, 5.74) is 2.30. The SMILES string of the molecule is C=C(C)[C@@H]1Cc2ccc(OC)cc2O1. The van der Waals surface area contributed by atoms with E-state index in [0.717, 1.165) is 23.5 Å². The zero-order valence-corrected chi connectivity index (χ0v) is 8.54. The van der Waals surface area contributed by atoms with Gasteiger partial charge in [0.25, 0.3) is 0 Å². The van der Waals surface area contributed by atoms with Gasteiger partial charge < -0.3 is 9.47 Å². The Morgan fingerprint density at radius 1 is 1.57 bits per heavy atom. The van der Waals surface area contributed by atoms with Crippen LogP contribution in [-0.2, 0) is 6.42 Å². The summed E-state index contributed by atoms with van der Waals surface area (Å²) in [5, 5.41) is 0. The summed E-state index contributed by atoms with van der Waals surface area (Å²) in [6, 6.07) is 5.94. The lowest BCUT2D eigenvalue weighted by Gasteiger charge is -2.09. The van der Waals surface area contributed by atoms with Crippen LogP contribution in [0.1, 0.15) is 12.5 Å². The van der Waals surface area contributed by atoms with Gasteiger partial charge in [0.05, 0.1) is 7.11 Å². The third-order valence-corrected chi connectivity index (χ3v) is 2.50. The van der Waals surface area contributed by atoms with Gasteiger partial charge in [-0.15, -0.1) is 0 Å². The van der Waals surface area contributed by atoms with Crippen LogP contribution in [0, 0.1) is 0 Å². The first-order valence-corrected chi connectivity index (χ1v) is 4.69. The molecule has 0 saturated heterocycles. The topological polar surface area (TPSA) is 18.5 Å². The van der Waals surface area contributed by atoms with Gasteiger partial charge in [-0.05, 0) is 24.1 Å². The summed E-state index contributed by atoms with van der Waals surface area (Å²) in [7, 11) is 1.66. The van der Waals surface area contributed by atoms with Gasteiger partial charge in [-0.1, -0.05) is 12.6 Å². The molecule has 1 heterocycles. The highest BCUT2D eigenvalue weighted by Gasteiger charge is 2.23. The molecule has 0 aliphatic carbocycles. The van der Waals surface area contributed by atoms with E-state index in [-0.39, 0.29) is 6.10 Å². The molecule has 1 aliphatic heterocycles. The molecular formula is C12H14O2. The minimum absolute atomic E-state index is 0.136. The van der Waals surface area contributed by atoms with E-state index < -0.39 is 0 Å². The van der Waals surface area contributed by atoms with Gasteiger partial charge in [-0.25, -0.2) is 0 Å². The van der Waals surface area contributed by atoms with E-state index in [1.165, 1.54) is 5.56 Å². The van der Waals surface area contributed by atoms with Crippen LogP contribution < -0.4 is 9.47 Å². The molecule has 0 saturated carbocycles. The number of hydrogen-bond donors (Lipinski definition) is 0. The van der Waals surface area contributed by atoms with Crippen LogP contribution in [0.25, 0.3) is 0 Å². The quantitative estimate of drug-likeness (QED) is 0.667. The van der Waals surface area contributed by atoms with E-state index in [1.807, 2.05) is 19.1 Å². The lowest BCUT2D eigenvalue weighted by atomic mass is 10.1. The summed E-state index contributed by atoms with van der Waals surface area (Å²) < 4.78 is 10.9. The minimum atomic E-state index is 0.136. The van der Waals surface area contributed by atoms with Crippen molar-refractivity contribution in [2.75, 3.05) is 7.11 Å². The maximum absolute atomic E-state index is 5.73. The Kier molecular flexibility index (Phi) is 2.20. The Hall–Kier alpha value is -1.44. The molecule has 0 aromatic heterocycles. The normalized spacial score (nSPS) is 18.6. The summed E-state index contributed by atoms with van der Waals surface area (Å²) in [6.45, 7) is 5.90. The van der Waals surface area contributed by atoms with Gasteiger partial charge in [-0.2, -0.15) is 0 Å². The van der Waals surface area contributed by atoms with Crippen LogP contribution in [0.2, 0.25) is 0 Å². The Morgan fingerprint density at radius 2 is 2.36 bits per heavy atom. The number of ether oxygens (including phenoxy) is 2. The number of hydrogen-bond acceptors (Lipinski definition) is 2. The summed E-state index contributed by atoms with van der Waals surface area (Å²) in [6.07, 6.45) is 1.06. The second kappa shape index (κ2) is 3.37. The maximum Gasteiger partial charge on any atom is 0.127 e. The number of methoxy groups -OCH3 is 1. The van der Waals surface area contributed by atoms with Crippen molar-refractivity contribution < 1.29 is 9.47 Å². The molecule has 0 spiro atoms. The van der Waals surface area contributed by atoms with Crippen molar-refractivity contribution >= 4 is 0 Å². The predicted molar refractivity (Wildman–Crippen MR) is 55.9 cm³/mol. The predicted octanol–water partition coefficient (Wildman–Crippen LogP) is 2.57. The molecular weight excluding hydrogens is 176 g/mol. The van der Waals surface area contributed by atoms with E-state index in [9.17, 15) is 0 Å². The van der Waals surface area contributed by atoms with Crippen LogP contribution in [0.5, 0.6) is 11.5 Å². The molecule has 2 rings (SSSR count). The molecule has 0 unspecified atom stereocenters. The van der Waals surface area contributed by atoms with Gasteiger partial charge in [-0.3, -0.25) is 0 Å². The fourth-order valence-corrected chi connectivity index (χ4v) is 1.61. The highest BCUT2D eigenvalue weighted by Crippen LogP contribution is 2.33. The molecule has 14 heavy (non-hydrogen) atoms. The number of benzene rings is 1. The first kappa shape index (κ1) is 9.13. The van der Waals surface area contributed by atoms with Crippen LogP contribution in [0.4, 0.5) is 0 Å². The molecule has 2 heteroatoms. The number of fused-ring (bicyclic) bond motifs is 1. The fourth-order valence-electron chi connectivity index (χ4n) is 1.61. The lowest BCUT2D eigenvalue weighted by molar-refractivity contribution is 0.270. The van der Waals surface area contributed by atoms with Crippen molar-refractivity contribution in [1.82, 2.24) is 0 Å². The fraction of sp³-hybridized carbons (Fsp3) is 0.333. The first-order valence-electron chi connectivity index (χ1n) is 4.69. The van der Waals surface area contributed by atoms with Crippen LogP contribution in [0.3, 0.4) is 0 Å². The zero-order valence-electron chi connectivity index (χ0n) is 8.54. The standard InChI is InChI=1S/C12H14O2/c1-8(2)11-6-9-4-5-10(13-3)7-12(9)14-11/h4-5,7,11H,1,6H2,2-3H3/t11-/m0/s1. The average molecular weight is 190 g/mol. The van der Waals surface area contributed by atoms with Crippen molar-refractivity contribution in [1.29, 1.82) is 0 Å². The molecule has 1 aliphatic rings. The molecule has 1 atom stereocenters. The second-order valence-electron chi connectivity index (χ2n) is 3.63. The third kappa shape index (κ3) is 1.48. The van der Waals surface area contributed by atoms with Crippen molar-refractivity contribution in [2.45, 2.75) is 19.4 Å². The Balaban J connectivity index is 2.27. The Morgan fingerprint density at radius 3 is 3.00 bits per heavy atom. The summed E-state index contributed by atoms with van der Waals surface area (Å²) >= 11 is 0. The van der Waals surface area contributed by atoms with Crippen molar-refractivity contribution in [3.8, 4) is 11.5 Å². The van der Waals surface area contributed by atoms with Crippen LogP contribution in [0.15, 0.2) is 30.4 Å². The van der Waals surface area contributed by atoms with Crippen LogP contribution >= 0.6 is 0 Å². The highest BCUT2D eigenvalue weighted by atomic mass is 16.5. The van der Waals surface area contributed by atoms with Crippen molar-refractivity contribution in [3.63, 3.8) is 0 Å². The van der Waals surface area contributed by atoms with E-state index in [0.29, 0.717) is 0 Å². The molecule has 1 aromatic rings. The second-order valence-corrected chi connectivity index (χ2v) is 3.63. The van der Waals surface area contributed by atoms with E-state index in [2.05, 4.69) is 12.6 Å². The molecule has 74 valence electrons. The first-order chi connectivity index (χ1) is 6.70. The van der Waals surface area contributed by atoms with Gasteiger partial charge in [0, 0.05) is 12.5 Å². The third-order valence-electron chi connectivity index (χ3n) is 2.50. The van der Waals surface area contributed by atoms with Crippen LogP contribution in [-0.4, -0.2) is 13.2 Å². The van der Waals surface area contributed by atoms with E-state index >= 15 is 0 Å². The van der Waals surface area contributed by atoms with E-state index in [4.69, 9.17) is 9.47 Å². The summed E-state index contributed by atoms with van der Waals surface area (Å²) in [4.78, 5) is 0. The lowest BCUT2D eigenvalue weighted by Crippen LogP contribution is -2.13. The Labute approximate surface area is 84.2 Å². The zero-order chi connectivity index (χ0) is 10.1. The van der Waals surface area contributed by atoms with E-state index in [1.54, 1.807) is 7.11 Å². The van der Waals surface area contributed by atoms with Crippen molar-refractivity contribution in [3.05, 3.63) is 35.9 Å². The molecule has 0 amide bonds. The molecule has 2 nitrogen and oxygen atoms in total. The molecule has 0 bridgehead atoms. The number of rotatable bonds is 2. The molecule has 1 aromatic carbocycles. The average Bonchev–Trinajstić information content (AvgIpc) is 2.59. The van der Waals surface area contributed by atoms with Gasteiger partial charge in [0.1, 0.15) is 17.6 Å². The van der Waals surface area contributed by atoms with Gasteiger partial charge in [0.2, 0.25) is 0 Å². The largest absolute Gasteiger partial charge is 0.497 e. The summed E-state index contributed by atoms with van der Waals surface area (Å²) in [5.74, 6) is 1.77. The van der Waals surface area contributed by atoms with Crippen molar-refractivity contribution in [2.24, 2.45) is 0 Å². The molecule has 0 radical (unpaired) electrons. The van der Waals surface area contributed by atoms with Gasteiger partial charge in [0.15, 0.2) is 0 Å². The Bertz CT molecular complexity index is 369. The maximum atomic E-state index is 5.73. The molecule has 0 N–H and O–H groups in total. The van der Waals surface area contributed by atoms with Gasteiger partial charge >= 0.3 is 0 Å². The molecule has 0 fully saturated rings. The highest BCUT2D eigenvalue weighted by molar-refractivity contribution is 5.44. The smallest absolute Gasteiger partial charge is 0.127 e. The monoisotopic (exact) mass is 190 g/mol.